The highest BCUT2D eigenvalue weighted by Crippen LogP contribution is 2.21. The summed E-state index contributed by atoms with van der Waals surface area (Å²) >= 11 is 10.8. The second kappa shape index (κ2) is 7.87. The zero-order chi connectivity index (χ0) is 15.2. The molecule has 0 aliphatic heterocycles. The molecule has 2 aromatic carbocycles. The monoisotopic (exact) mass is 383 g/mol. The number of carbonyl (C=O) groups excluding carboxylic acids is 1. The zero-order valence-corrected chi connectivity index (χ0v) is 14.6. The average molecular weight is 385 g/mol. The van der Waals surface area contributed by atoms with Gasteiger partial charge in [0.1, 0.15) is 0 Å². The lowest BCUT2D eigenvalue weighted by Gasteiger charge is -2.14. The lowest BCUT2D eigenvalue weighted by Crippen LogP contribution is -2.28. The van der Waals surface area contributed by atoms with Gasteiger partial charge >= 0.3 is 0 Å². The number of thioether (sulfide) groups is 1. The lowest BCUT2D eigenvalue weighted by atomic mass is 10.1. The highest BCUT2D eigenvalue weighted by molar-refractivity contribution is 9.10. The van der Waals surface area contributed by atoms with Crippen LogP contribution in [0.5, 0.6) is 0 Å². The maximum absolute atomic E-state index is 12.0. The summed E-state index contributed by atoms with van der Waals surface area (Å²) in [6.07, 6.45) is 0. The van der Waals surface area contributed by atoms with Gasteiger partial charge in [0.05, 0.1) is 11.8 Å². The average Bonchev–Trinajstić information content (AvgIpc) is 2.47. The largest absolute Gasteiger partial charge is 0.349 e. The summed E-state index contributed by atoms with van der Waals surface area (Å²) < 4.78 is 1.03. The molecule has 0 unspecified atom stereocenters. The van der Waals surface area contributed by atoms with E-state index in [9.17, 15) is 4.79 Å². The summed E-state index contributed by atoms with van der Waals surface area (Å²) in [4.78, 5) is 13.0. The Bertz CT molecular complexity index is 601. The fourth-order valence-electron chi connectivity index (χ4n) is 1.80. The predicted octanol–water partition coefficient (Wildman–Crippen LogP) is 5.07. The van der Waals surface area contributed by atoms with Crippen LogP contribution in [0.4, 0.5) is 0 Å². The Labute approximate surface area is 142 Å². The van der Waals surface area contributed by atoms with E-state index >= 15 is 0 Å². The molecule has 21 heavy (non-hydrogen) atoms. The Morgan fingerprint density at radius 3 is 2.43 bits per heavy atom. The summed E-state index contributed by atoms with van der Waals surface area (Å²) in [5.41, 5.74) is 1.04. The zero-order valence-electron chi connectivity index (χ0n) is 11.5. The summed E-state index contributed by atoms with van der Waals surface area (Å²) in [6.45, 7) is 1.96. The second-order valence-electron chi connectivity index (χ2n) is 4.58. The molecule has 0 aliphatic rings. The van der Waals surface area contributed by atoms with Crippen molar-refractivity contribution in [1.82, 2.24) is 5.32 Å². The Morgan fingerprint density at radius 2 is 1.81 bits per heavy atom. The van der Waals surface area contributed by atoms with Gasteiger partial charge in [-0.3, -0.25) is 4.79 Å². The molecule has 2 aromatic rings. The third-order valence-electron chi connectivity index (χ3n) is 2.93. The van der Waals surface area contributed by atoms with Crippen molar-refractivity contribution in [2.75, 3.05) is 5.75 Å². The van der Waals surface area contributed by atoms with Crippen molar-refractivity contribution in [3.63, 3.8) is 0 Å². The van der Waals surface area contributed by atoms with Crippen LogP contribution < -0.4 is 5.32 Å². The Kier molecular flexibility index (Phi) is 6.15. The van der Waals surface area contributed by atoms with Crippen LogP contribution in [0, 0.1) is 0 Å². The van der Waals surface area contributed by atoms with Gasteiger partial charge in [0.25, 0.3) is 0 Å². The molecule has 2 nitrogen and oxygen atoms in total. The first-order valence-electron chi connectivity index (χ1n) is 6.48. The van der Waals surface area contributed by atoms with E-state index in [-0.39, 0.29) is 11.9 Å². The van der Waals surface area contributed by atoms with Gasteiger partial charge in [-0.2, -0.15) is 0 Å². The molecule has 1 atom stereocenters. The fraction of sp³-hybridized carbons (Fsp3) is 0.188. The smallest absolute Gasteiger partial charge is 0.230 e. The van der Waals surface area contributed by atoms with E-state index in [0.717, 1.165) is 14.9 Å². The molecule has 2 rings (SSSR count). The van der Waals surface area contributed by atoms with Crippen molar-refractivity contribution < 1.29 is 4.79 Å². The second-order valence-corrected chi connectivity index (χ2v) is 6.98. The van der Waals surface area contributed by atoms with Crippen molar-refractivity contribution >= 4 is 45.2 Å². The summed E-state index contributed by atoms with van der Waals surface area (Å²) in [5, 5.41) is 3.68. The van der Waals surface area contributed by atoms with Crippen LogP contribution in [-0.2, 0) is 4.79 Å². The van der Waals surface area contributed by atoms with Crippen LogP contribution in [0.15, 0.2) is 57.9 Å². The summed E-state index contributed by atoms with van der Waals surface area (Å²) in [6, 6.07) is 15.4. The van der Waals surface area contributed by atoms with Gasteiger partial charge in [0, 0.05) is 14.4 Å². The summed E-state index contributed by atoms with van der Waals surface area (Å²) in [7, 11) is 0. The van der Waals surface area contributed by atoms with Crippen LogP contribution >= 0.6 is 39.3 Å². The minimum absolute atomic E-state index is 0.0189. The third kappa shape index (κ3) is 5.38. The number of halogens is 2. The highest BCUT2D eigenvalue weighted by atomic mass is 79.9. The normalized spacial score (nSPS) is 12.0. The molecule has 110 valence electrons. The molecule has 0 saturated heterocycles. The van der Waals surface area contributed by atoms with Gasteiger partial charge in [-0.25, -0.2) is 0 Å². The van der Waals surface area contributed by atoms with E-state index in [4.69, 9.17) is 11.6 Å². The maximum atomic E-state index is 12.0. The van der Waals surface area contributed by atoms with Gasteiger partial charge in [-0.15, -0.1) is 11.8 Å². The molecule has 0 bridgehead atoms. The molecule has 0 aliphatic carbocycles. The molecule has 0 heterocycles. The van der Waals surface area contributed by atoms with Gasteiger partial charge in [0.2, 0.25) is 5.91 Å². The Morgan fingerprint density at radius 1 is 1.19 bits per heavy atom. The maximum Gasteiger partial charge on any atom is 0.230 e. The third-order valence-corrected chi connectivity index (χ3v) is 4.72. The minimum Gasteiger partial charge on any atom is -0.349 e. The van der Waals surface area contributed by atoms with Gasteiger partial charge in [-0.1, -0.05) is 39.7 Å². The molecule has 0 spiro atoms. The quantitative estimate of drug-likeness (QED) is 0.729. The number of hydrogen-bond acceptors (Lipinski definition) is 2. The Balaban J connectivity index is 1.83. The van der Waals surface area contributed by atoms with Crippen LogP contribution in [0.25, 0.3) is 0 Å². The first-order valence-corrected chi connectivity index (χ1v) is 8.63. The van der Waals surface area contributed by atoms with Crippen molar-refractivity contribution in [3.05, 3.63) is 63.6 Å². The molecular weight excluding hydrogens is 370 g/mol. The van der Waals surface area contributed by atoms with E-state index < -0.39 is 0 Å². The van der Waals surface area contributed by atoms with Crippen LogP contribution in [0.3, 0.4) is 0 Å². The molecule has 0 aromatic heterocycles. The van der Waals surface area contributed by atoms with Gasteiger partial charge in [0.15, 0.2) is 0 Å². The number of hydrogen-bond donors (Lipinski definition) is 1. The molecule has 1 amide bonds. The molecule has 0 radical (unpaired) electrons. The molecule has 5 heteroatoms. The standard InChI is InChI=1S/C16H15BrClNOS/c1-11(12-2-6-14(18)7-3-12)19-16(20)10-21-15-8-4-13(17)5-9-15/h2-9,11H,10H2,1H3,(H,19,20)/t11-/m1/s1. The van der Waals surface area contributed by atoms with E-state index in [1.165, 1.54) is 11.8 Å². The number of benzene rings is 2. The van der Waals surface area contributed by atoms with Gasteiger partial charge < -0.3 is 5.32 Å². The topological polar surface area (TPSA) is 29.1 Å². The number of nitrogens with one attached hydrogen (secondary N) is 1. The molecular formula is C16H15BrClNOS. The summed E-state index contributed by atoms with van der Waals surface area (Å²) in [5.74, 6) is 0.421. The van der Waals surface area contributed by atoms with Crippen LogP contribution in [0.2, 0.25) is 5.02 Å². The minimum atomic E-state index is -0.0275. The Hall–Kier alpha value is -0.970. The van der Waals surface area contributed by atoms with E-state index in [1.54, 1.807) is 0 Å². The predicted molar refractivity (Wildman–Crippen MR) is 92.9 cm³/mol. The van der Waals surface area contributed by atoms with Crippen LogP contribution in [-0.4, -0.2) is 11.7 Å². The van der Waals surface area contributed by atoms with E-state index in [1.807, 2.05) is 55.5 Å². The molecule has 0 fully saturated rings. The van der Waals surface area contributed by atoms with Crippen molar-refractivity contribution in [3.8, 4) is 0 Å². The van der Waals surface area contributed by atoms with Crippen LogP contribution in [0.1, 0.15) is 18.5 Å². The number of amides is 1. The van der Waals surface area contributed by atoms with E-state index in [2.05, 4.69) is 21.2 Å². The van der Waals surface area contributed by atoms with Crippen molar-refractivity contribution in [1.29, 1.82) is 0 Å². The van der Waals surface area contributed by atoms with E-state index in [0.29, 0.717) is 10.8 Å². The fourth-order valence-corrected chi connectivity index (χ4v) is 2.90. The lowest BCUT2D eigenvalue weighted by molar-refractivity contribution is -0.119. The van der Waals surface area contributed by atoms with Gasteiger partial charge in [-0.05, 0) is 48.9 Å². The highest BCUT2D eigenvalue weighted by Gasteiger charge is 2.09. The first-order chi connectivity index (χ1) is 10.0. The van der Waals surface area contributed by atoms with Crippen molar-refractivity contribution in [2.45, 2.75) is 17.9 Å². The SMILES string of the molecule is C[C@@H](NC(=O)CSc1ccc(Br)cc1)c1ccc(Cl)cc1. The van der Waals surface area contributed by atoms with Crippen molar-refractivity contribution in [2.24, 2.45) is 0 Å². The first kappa shape index (κ1) is 16.4. The molecule has 0 saturated carbocycles. The number of rotatable bonds is 5. The number of carbonyl (C=O) groups is 1. The molecule has 1 N–H and O–H groups in total.